The molecule has 196 valence electrons. The molecule has 0 radical (unpaired) electrons. The molecule has 1 aliphatic heterocycles. The van der Waals surface area contributed by atoms with Crippen LogP contribution in [0.4, 0.5) is 0 Å². The van der Waals surface area contributed by atoms with Crippen LogP contribution in [0.1, 0.15) is 94.6 Å². The van der Waals surface area contributed by atoms with Crippen LogP contribution < -0.4 is 14.8 Å². The van der Waals surface area contributed by atoms with E-state index in [9.17, 15) is 9.59 Å². The zero-order valence-electron chi connectivity index (χ0n) is 22.8. The van der Waals surface area contributed by atoms with Crippen molar-refractivity contribution >= 4 is 11.8 Å². The Labute approximate surface area is 216 Å². The fraction of sp³-hybridized carbons (Fsp3) is 0.533. The van der Waals surface area contributed by atoms with Crippen LogP contribution in [-0.4, -0.2) is 43.0 Å². The Morgan fingerprint density at radius 1 is 0.861 bits per heavy atom. The summed E-state index contributed by atoms with van der Waals surface area (Å²) in [5.74, 6) is 0.931. The van der Waals surface area contributed by atoms with Crippen LogP contribution in [0.5, 0.6) is 11.5 Å². The minimum Gasteiger partial charge on any atom is -0.497 e. The summed E-state index contributed by atoms with van der Waals surface area (Å²) in [5.41, 5.74) is 2.55. The molecule has 1 heterocycles. The lowest BCUT2D eigenvalue weighted by atomic mass is 9.92. The standard InChI is InChI=1S/C30H42N2O4/c1-7-8-9-10-11-12-13-18-32-27(28(33)31-30(2,3)4)25-19-21(35-5)14-16-23(25)24-17-15-22(36-6)20-26(24)29(32)34/h14-17,19-20,27H,7-13,18H2,1-6H3,(H,31,33). The second kappa shape index (κ2) is 12.3. The molecular weight excluding hydrogens is 452 g/mol. The van der Waals surface area contributed by atoms with Gasteiger partial charge < -0.3 is 19.7 Å². The number of fused-ring (bicyclic) bond motifs is 3. The number of ether oxygens (including phenoxy) is 2. The van der Waals surface area contributed by atoms with E-state index in [2.05, 4.69) is 12.2 Å². The van der Waals surface area contributed by atoms with Gasteiger partial charge in [-0.15, -0.1) is 0 Å². The topological polar surface area (TPSA) is 67.9 Å². The van der Waals surface area contributed by atoms with Gasteiger partial charge in [-0.3, -0.25) is 9.59 Å². The van der Waals surface area contributed by atoms with Crippen molar-refractivity contribution in [2.75, 3.05) is 20.8 Å². The Hall–Kier alpha value is -3.02. The third-order valence-corrected chi connectivity index (χ3v) is 6.62. The summed E-state index contributed by atoms with van der Waals surface area (Å²) in [6.07, 6.45) is 7.93. The molecular formula is C30H42N2O4. The van der Waals surface area contributed by atoms with Crippen LogP contribution in [0.15, 0.2) is 36.4 Å². The summed E-state index contributed by atoms with van der Waals surface area (Å²) >= 11 is 0. The van der Waals surface area contributed by atoms with Crippen LogP contribution >= 0.6 is 0 Å². The molecule has 3 rings (SSSR count). The van der Waals surface area contributed by atoms with Crippen molar-refractivity contribution in [3.05, 3.63) is 47.5 Å². The number of unbranched alkanes of at least 4 members (excludes halogenated alkanes) is 6. The number of hydrogen-bond donors (Lipinski definition) is 1. The molecule has 0 bridgehead atoms. The highest BCUT2D eigenvalue weighted by Gasteiger charge is 2.39. The van der Waals surface area contributed by atoms with E-state index in [0.717, 1.165) is 36.0 Å². The van der Waals surface area contributed by atoms with Gasteiger partial charge in [0.15, 0.2) is 0 Å². The van der Waals surface area contributed by atoms with E-state index < -0.39 is 11.6 Å². The first-order valence-electron chi connectivity index (χ1n) is 13.2. The van der Waals surface area contributed by atoms with Crippen molar-refractivity contribution in [1.82, 2.24) is 10.2 Å². The monoisotopic (exact) mass is 494 g/mol. The van der Waals surface area contributed by atoms with Crippen LogP contribution in [0.3, 0.4) is 0 Å². The zero-order chi connectivity index (χ0) is 26.3. The lowest BCUT2D eigenvalue weighted by molar-refractivity contribution is -0.127. The molecule has 2 amide bonds. The molecule has 1 N–H and O–H groups in total. The van der Waals surface area contributed by atoms with E-state index in [-0.39, 0.29) is 11.8 Å². The van der Waals surface area contributed by atoms with Gasteiger partial charge in [0.25, 0.3) is 5.91 Å². The van der Waals surface area contributed by atoms with Crippen molar-refractivity contribution in [2.24, 2.45) is 0 Å². The van der Waals surface area contributed by atoms with Gasteiger partial charge in [0, 0.05) is 12.1 Å². The molecule has 1 aliphatic rings. The van der Waals surface area contributed by atoms with Crippen LogP contribution in [0.25, 0.3) is 11.1 Å². The number of nitrogens with zero attached hydrogens (tertiary/aromatic N) is 1. The molecule has 0 spiro atoms. The fourth-order valence-corrected chi connectivity index (χ4v) is 4.83. The molecule has 0 saturated carbocycles. The summed E-state index contributed by atoms with van der Waals surface area (Å²) in [7, 11) is 3.21. The van der Waals surface area contributed by atoms with Crippen LogP contribution in [0, 0.1) is 0 Å². The van der Waals surface area contributed by atoms with E-state index in [0.29, 0.717) is 23.6 Å². The van der Waals surface area contributed by atoms with E-state index in [1.54, 1.807) is 25.2 Å². The number of rotatable bonds is 11. The number of carbonyl (C=O) groups is 2. The Kier molecular flexibility index (Phi) is 9.41. The molecule has 2 aromatic carbocycles. The van der Waals surface area contributed by atoms with Crippen LogP contribution in [-0.2, 0) is 4.79 Å². The lowest BCUT2D eigenvalue weighted by Crippen LogP contribution is -2.49. The molecule has 36 heavy (non-hydrogen) atoms. The lowest BCUT2D eigenvalue weighted by Gasteiger charge is -2.33. The predicted octanol–water partition coefficient (Wildman–Crippen LogP) is 6.53. The largest absolute Gasteiger partial charge is 0.497 e. The molecule has 0 aromatic heterocycles. The summed E-state index contributed by atoms with van der Waals surface area (Å²) in [6.45, 7) is 8.58. The first-order valence-corrected chi connectivity index (χ1v) is 13.2. The SMILES string of the molecule is CCCCCCCCCN1C(=O)c2cc(OC)ccc2-c2ccc(OC)cc2C1C(=O)NC(C)(C)C. The summed E-state index contributed by atoms with van der Waals surface area (Å²) in [4.78, 5) is 29.6. The Morgan fingerprint density at radius 3 is 2.06 bits per heavy atom. The van der Waals surface area contributed by atoms with Crippen molar-refractivity contribution in [3.63, 3.8) is 0 Å². The summed E-state index contributed by atoms with van der Waals surface area (Å²) in [5, 5.41) is 3.12. The number of hydrogen-bond acceptors (Lipinski definition) is 4. The third kappa shape index (κ3) is 6.59. The van der Waals surface area contributed by atoms with Gasteiger partial charge >= 0.3 is 0 Å². The molecule has 2 aromatic rings. The maximum absolute atomic E-state index is 14.1. The number of benzene rings is 2. The van der Waals surface area contributed by atoms with Crippen molar-refractivity contribution in [1.29, 1.82) is 0 Å². The molecule has 0 saturated heterocycles. The van der Waals surface area contributed by atoms with Gasteiger partial charge in [0.1, 0.15) is 17.5 Å². The molecule has 6 heteroatoms. The average molecular weight is 495 g/mol. The predicted molar refractivity (Wildman–Crippen MR) is 145 cm³/mol. The first kappa shape index (κ1) is 27.6. The first-order chi connectivity index (χ1) is 17.2. The second-order valence-corrected chi connectivity index (χ2v) is 10.6. The maximum Gasteiger partial charge on any atom is 0.255 e. The van der Waals surface area contributed by atoms with E-state index in [4.69, 9.17) is 9.47 Å². The van der Waals surface area contributed by atoms with Gasteiger partial charge in [-0.2, -0.15) is 0 Å². The highest BCUT2D eigenvalue weighted by atomic mass is 16.5. The Balaban J connectivity index is 2.05. The minimum absolute atomic E-state index is 0.154. The number of carbonyl (C=O) groups excluding carboxylic acids is 2. The third-order valence-electron chi connectivity index (χ3n) is 6.62. The maximum atomic E-state index is 14.1. The van der Waals surface area contributed by atoms with Gasteiger partial charge in [0.05, 0.1) is 19.8 Å². The Morgan fingerprint density at radius 2 is 1.44 bits per heavy atom. The number of nitrogens with one attached hydrogen (secondary N) is 1. The van der Waals surface area contributed by atoms with Gasteiger partial charge in [0.2, 0.25) is 5.91 Å². The van der Waals surface area contributed by atoms with Gasteiger partial charge in [-0.05, 0) is 74.2 Å². The van der Waals surface area contributed by atoms with Crippen LogP contribution in [0.2, 0.25) is 0 Å². The quantitative estimate of drug-likeness (QED) is 0.361. The van der Waals surface area contributed by atoms with Gasteiger partial charge in [-0.1, -0.05) is 51.5 Å². The van der Waals surface area contributed by atoms with Crippen molar-refractivity contribution < 1.29 is 19.1 Å². The van der Waals surface area contributed by atoms with E-state index in [1.165, 1.54) is 25.7 Å². The smallest absolute Gasteiger partial charge is 0.255 e. The number of methoxy groups -OCH3 is 2. The zero-order valence-corrected chi connectivity index (χ0v) is 22.8. The van der Waals surface area contributed by atoms with E-state index >= 15 is 0 Å². The summed E-state index contributed by atoms with van der Waals surface area (Å²) < 4.78 is 11.0. The minimum atomic E-state index is -0.764. The highest BCUT2D eigenvalue weighted by molar-refractivity contribution is 6.06. The normalized spacial score (nSPS) is 15.1. The average Bonchev–Trinajstić information content (AvgIpc) is 2.94. The molecule has 6 nitrogen and oxygen atoms in total. The molecule has 1 atom stereocenters. The van der Waals surface area contributed by atoms with E-state index in [1.807, 2.05) is 51.1 Å². The summed E-state index contributed by atoms with van der Waals surface area (Å²) in [6, 6.07) is 10.5. The molecule has 0 aliphatic carbocycles. The van der Waals surface area contributed by atoms with Gasteiger partial charge in [-0.25, -0.2) is 0 Å². The Bertz CT molecular complexity index is 1060. The highest BCUT2D eigenvalue weighted by Crippen LogP contribution is 2.41. The fourth-order valence-electron chi connectivity index (χ4n) is 4.83. The van der Waals surface area contributed by atoms with Crippen molar-refractivity contribution in [2.45, 2.75) is 84.2 Å². The second-order valence-electron chi connectivity index (χ2n) is 10.6. The van der Waals surface area contributed by atoms with Crippen molar-refractivity contribution in [3.8, 4) is 22.6 Å². The molecule has 1 unspecified atom stereocenters. The number of amides is 2. The molecule has 0 fully saturated rings.